The van der Waals surface area contributed by atoms with Crippen LogP contribution in [0.3, 0.4) is 0 Å². The second kappa shape index (κ2) is 12.6. The summed E-state index contributed by atoms with van der Waals surface area (Å²) in [5.74, 6) is -0.582. The van der Waals surface area contributed by atoms with E-state index in [0.29, 0.717) is 24.6 Å². The van der Waals surface area contributed by atoms with Crippen molar-refractivity contribution in [2.45, 2.75) is 20.3 Å². The highest BCUT2D eigenvalue weighted by molar-refractivity contribution is 6.38. The Labute approximate surface area is 215 Å². The molecule has 1 aliphatic rings. The van der Waals surface area contributed by atoms with Crippen LogP contribution >= 0.6 is 11.6 Å². The van der Waals surface area contributed by atoms with Crippen molar-refractivity contribution in [1.82, 2.24) is 15.2 Å². The molecule has 1 aliphatic heterocycles. The molecule has 3 rings (SSSR count). The Bertz CT molecular complexity index is 1190. The minimum absolute atomic E-state index is 0.217. The Morgan fingerprint density at radius 1 is 1.14 bits per heavy atom. The first-order valence-electron chi connectivity index (χ1n) is 11.5. The average Bonchev–Trinajstić information content (AvgIpc) is 3.13. The number of rotatable bonds is 8. The lowest BCUT2D eigenvalue weighted by atomic mass is 10.1. The maximum absolute atomic E-state index is 13.0. The van der Waals surface area contributed by atoms with Crippen LogP contribution in [0.4, 0.5) is 11.4 Å². The predicted molar refractivity (Wildman–Crippen MR) is 143 cm³/mol. The van der Waals surface area contributed by atoms with E-state index in [-0.39, 0.29) is 16.3 Å². The van der Waals surface area contributed by atoms with Crippen LogP contribution in [0.15, 0.2) is 65.0 Å². The number of anilines is 2. The lowest BCUT2D eigenvalue weighted by Crippen LogP contribution is -2.30. The second-order valence-electron chi connectivity index (χ2n) is 8.22. The zero-order valence-electron chi connectivity index (χ0n) is 20.3. The van der Waals surface area contributed by atoms with Crippen molar-refractivity contribution in [1.29, 1.82) is 0 Å². The molecule has 1 fully saturated rings. The highest BCUT2D eigenvalue weighted by Gasteiger charge is 2.18. The lowest BCUT2D eigenvalue weighted by Gasteiger charge is -2.22. The van der Waals surface area contributed by atoms with Crippen LogP contribution in [0, 0.1) is 6.92 Å². The zero-order valence-corrected chi connectivity index (χ0v) is 21.1. The fourth-order valence-electron chi connectivity index (χ4n) is 3.65. The third-order valence-electron chi connectivity index (χ3n) is 5.55. The Morgan fingerprint density at radius 3 is 2.61 bits per heavy atom. The summed E-state index contributed by atoms with van der Waals surface area (Å²) in [6.45, 7) is 9.98. The van der Waals surface area contributed by atoms with Gasteiger partial charge in [-0.15, -0.1) is 0 Å². The number of nitrogens with one attached hydrogen (secondary N) is 2. The van der Waals surface area contributed by atoms with Gasteiger partial charge in [-0.05, 0) is 50.6 Å². The quantitative estimate of drug-likeness (QED) is 0.417. The number of halogens is 1. The van der Waals surface area contributed by atoms with E-state index in [0.717, 1.165) is 37.2 Å². The Kier molecular flexibility index (Phi) is 9.35. The number of hydrogen-bond acceptors (Lipinski definition) is 6. The highest BCUT2D eigenvalue weighted by Crippen LogP contribution is 2.20. The van der Waals surface area contributed by atoms with E-state index in [1.165, 1.54) is 6.21 Å². The van der Waals surface area contributed by atoms with E-state index in [1.54, 1.807) is 48.4 Å². The molecule has 36 heavy (non-hydrogen) atoms. The highest BCUT2D eigenvalue weighted by atomic mass is 35.5. The third kappa shape index (κ3) is 7.26. The summed E-state index contributed by atoms with van der Waals surface area (Å²) >= 11 is 5.71. The van der Waals surface area contributed by atoms with Gasteiger partial charge in [0.1, 0.15) is 11.5 Å². The summed E-state index contributed by atoms with van der Waals surface area (Å²) < 4.78 is 0. The largest absolute Gasteiger partial charge is 0.368 e. The molecule has 1 aromatic heterocycles. The first kappa shape index (κ1) is 26.6. The Morgan fingerprint density at radius 2 is 1.94 bits per heavy atom. The summed E-state index contributed by atoms with van der Waals surface area (Å²) in [6.07, 6.45) is 6.33. The number of benzene rings is 1. The van der Waals surface area contributed by atoms with Crippen LogP contribution in [-0.2, 0) is 4.79 Å². The summed E-state index contributed by atoms with van der Waals surface area (Å²) in [5, 5.41) is 5.71. The van der Waals surface area contributed by atoms with Crippen LogP contribution in [0.2, 0.25) is 0 Å². The number of allylic oxidation sites excluding steroid dienone is 2. The van der Waals surface area contributed by atoms with E-state index >= 15 is 0 Å². The SMILES string of the molecule is C=C(Cl)/C=N\C(=CC)NC(=O)c1cc(C)ccc1NC(=O)c1ccc(N2CCCN(C=O)CC2)cn1. The minimum Gasteiger partial charge on any atom is -0.368 e. The molecule has 0 aliphatic carbocycles. The van der Waals surface area contributed by atoms with Gasteiger partial charge in [-0.25, -0.2) is 9.98 Å². The summed E-state index contributed by atoms with van der Waals surface area (Å²) in [4.78, 5) is 49.2. The molecule has 0 spiro atoms. The Balaban J connectivity index is 1.73. The van der Waals surface area contributed by atoms with Gasteiger partial charge in [-0.2, -0.15) is 0 Å². The van der Waals surface area contributed by atoms with Gasteiger partial charge in [0.15, 0.2) is 0 Å². The number of hydrogen-bond donors (Lipinski definition) is 2. The summed E-state index contributed by atoms with van der Waals surface area (Å²) in [6, 6.07) is 8.64. The smallest absolute Gasteiger partial charge is 0.274 e. The van der Waals surface area contributed by atoms with Gasteiger partial charge in [0.25, 0.3) is 11.8 Å². The van der Waals surface area contributed by atoms with Gasteiger partial charge in [0, 0.05) is 32.4 Å². The van der Waals surface area contributed by atoms with Crippen LogP contribution in [0.1, 0.15) is 39.8 Å². The molecule has 9 nitrogen and oxygen atoms in total. The minimum atomic E-state index is -0.440. The first-order chi connectivity index (χ1) is 17.3. The predicted octanol–water partition coefficient (Wildman–Crippen LogP) is 3.73. The van der Waals surface area contributed by atoms with Crippen LogP contribution in [0.25, 0.3) is 0 Å². The van der Waals surface area contributed by atoms with Crippen molar-refractivity contribution in [3.05, 3.63) is 76.9 Å². The topological polar surface area (TPSA) is 107 Å². The number of pyridine rings is 1. The molecule has 1 saturated heterocycles. The summed E-state index contributed by atoms with van der Waals surface area (Å²) in [5.41, 5.74) is 2.58. The average molecular weight is 509 g/mol. The number of carbonyl (C=O) groups excluding carboxylic acids is 3. The van der Waals surface area contributed by atoms with Gasteiger partial charge in [-0.3, -0.25) is 14.4 Å². The molecular formula is C26H29ClN6O3. The van der Waals surface area contributed by atoms with Crippen LogP contribution in [-0.4, -0.2) is 60.5 Å². The normalized spacial score (nSPS) is 14.4. The molecule has 2 aromatic rings. The van der Waals surface area contributed by atoms with E-state index in [2.05, 4.69) is 32.1 Å². The molecule has 0 unspecified atom stereocenters. The third-order valence-corrected chi connectivity index (χ3v) is 5.65. The van der Waals surface area contributed by atoms with E-state index in [1.807, 2.05) is 13.0 Å². The van der Waals surface area contributed by atoms with Crippen molar-refractivity contribution in [2.75, 3.05) is 36.4 Å². The molecule has 188 valence electrons. The number of aliphatic imine (C=N–C) groups is 1. The van der Waals surface area contributed by atoms with Crippen LogP contribution < -0.4 is 15.5 Å². The maximum atomic E-state index is 13.0. The van der Waals surface area contributed by atoms with Gasteiger partial charge in [0.2, 0.25) is 6.41 Å². The van der Waals surface area contributed by atoms with Gasteiger partial charge in [-0.1, -0.05) is 29.8 Å². The van der Waals surface area contributed by atoms with Crippen LogP contribution in [0.5, 0.6) is 0 Å². The van der Waals surface area contributed by atoms with E-state index in [4.69, 9.17) is 11.6 Å². The van der Waals surface area contributed by atoms with E-state index in [9.17, 15) is 14.4 Å². The van der Waals surface area contributed by atoms with Crippen molar-refractivity contribution in [3.8, 4) is 0 Å². The Hall–Kier alpha value is -3.98. The molecule has 2 heterocycles. The molecule has 10 heteroatoms. The van der Waals surface area contributed by atoms with Crippen molar-refractivity contribution < 1.29 is 14.4 Å². The fourth-order valence-corrected chi connectivity index (χ4v) is 3.70. The van der Waals surface area contributed by atoms with Gasteiger partial charge < -0.3 is 20.4 Å². The molecule has 3 amide bonds. The van der Waals surface area contributed by atoms with Crippen molar-refractivity contribution >= 4 is 47.4 Å². The molecule has 0 bridgehead atoms. The molecule has 0 radical (unpaired) electrons. The van der Waals surface area contributed by atoms with Crippen molar-refractivity contribution in [2.24, 2.45) is 4.99 Å². The van der Waals surface area contributed by atoms with E-state index < -0.39 is 11.8 Å². The lowest BCUT2D eigenvalue weighted by molar-refractivity contribution is -0.117. The fraction of sp³-hybridized carbons (Fsp3) is 0.269. The molecule has 0 atom stereocenters. The number of carbonyl (C=O) groups is 3. The van der Waals surface area contributed by atoms with Crippen molar-refractivity contribution in [3.63, 3.8) is 0 Å². The second-order valence-corrected chi connectivity index (χ2v) is 8.71. The molecular weight excluding hydrogens is 480 g/mol. The number of aryl methyl sites for hydroxylation is 1. The van der Waals surface area contributed by atoms with Gasteiger partial charge in [0.05, 0.1) is 28.2 Å². The molecule has 0 saturated carbocycles. The monoisotopic (exact) mass is 508 g/mol. The maximum Gasteiger partial charge on any atom is 0.274 e. The zero-order chi connectivity index (χ0) is 26.1. The van der Waals surface area contributed by atoms with Gasteiger partial charge >= 0.3 is 0 Å². The molecule has 1 aromatic carbocycles. The first-order valence-corrected chi connectivity index (χ1v) is 11.9. The molecule has 2 N–H and O–H groups in total. The number of amides is 3. The number of nitrogens with zero attached hydrogens (tertiary/aromatic N) is 4. The number of aromatic nitrogens is 1. The summed E-state index contributed by atoms with van der Waals surface area (Å²) in [7, 11) is 0. The standard InChI is InChI=1S/C26H29ClN6O3/c1-4-24(29-15-19(3)27)31-25(35)21-14-18(2)6-8-22(21)30-26(36)23-9-7-20(16-28-23)33-11-5-10-32(17-34)12-13-33/h4,6-9,14-17H,3,5,10-13H2,1-2H3,(H,30,36)(H,31,35)/b24-4?,29-15-.